The second-order valence-corrected chi connectivity index (χ2v) is 5.07. The Hall–Kier alpha value is -1.43. The van der Waals surface area contributed by atoms with E-state index in [1.807, 2.05) is 0 Å². The van der Waals surface area contributed by atoms with E-state index < -0.39 is 30.4 Å². The summed E-state index contributed by atoms with van der Waals surface area (Å²) in [4.78, 5) is 13.4. The van der Waals surface area contributed by atoms with Crippen LogP contribution in [0.2, 0.25) is 0 Å². The molecule has 1 fully saturated rings. The summed E-state index contributed by atoms with van der Waals surface area (Å²) < 4.78 is 50.5. The molecule has 0 bridgehead atoms. The quantitative estimate of drug-likeness (QED) is 0.611. The largest absolute Gasteiger partial charge is 0.401 e. The molecule has 0 saturated heterocycles. The lowest BCUT2D eigenvalue weighted by Gasteiger charge is -2.28. The highest BCUT2D eigenvalue weighted by molar-refractivity contribution is 5.99. The van der Waals surface area contributed by atoms with Crippen LogP contribution in [-0.4, -0.2) is 35.5 Å². The molecular formula is C14H15F4NO. The van der Waals surface area contributed by atoms with Gasteiger partial charge >= 0.3 is 6.18 Å². The monoisotopic (exact) mass is 289 g/mol. The molecule has 2 rings (SSSR count). The van der Waals surface area contributed by atoms with E-state index in [1.165, 1.54) is 24.0 Å². The Balaban J connectivity index is 2.12. The fraction of sp³-hybridized carbons (Fsp3) is 0.500. The SMILES string of the molecule is CC(C(=O)c1ccc(F)cc1)N(CC(F)(F)F)C1CC1. The summed E-state index contributed by atoms with van der Waals surface area (Å²) in [7, 11) is 0. The van der Waals surface area contributed by atoms with E-state index in [0.29, 0.717) is 12.8 Å². The molecule has 0 spiro atoms. The Morgan fingerprint density at radius 2 is 1.85 bits per heavy atom. The third-order valence-electron chi connectivity index (χ3n) is 3.38. The molecule has 0 heterocycles. The van der Waals surface area contributed by atoms with Gasteiger partial charge in [-0.15, -0.1) is 0 Å². The molecule has 0 N–H and O–H groups in total. The number of carbonyl (C=O) groups is 1. The predicted molar refractivity (Wildman–Crippen MR) is 66.0 cm³/mol. The van der Waals surface area contributed by atoms with Crippen LogP contribution >= 0.6 is 0 Å². The summed E-state index contributed by atoms with van der Waals surface area (Å²) in [6.07, 6.45) is -2.98. The molecular weight excluding hydrogens is 274 g/mol. The second-order valence-electron chi connectivity index (χ2n) is 5.07. The molecule has 2 nitrogen and oxygen atoms in total. The minimum Gasteiger partial charge on any atom is -0.292 e. The summed E-state index contributed by atoms with van der Waals surface area (Å²) in [6, 6.07) is 3.81. The van der Waals surface area contributed by atoms with Gasteiger partial charge in [-0.2, -0.15) is 13.2 Å². The number of hydrogen-bond acceptors (Lipinski definition) is 2. The molecule has 1 aliphatic rings. The first-order chi connectivity index (χ1) is 9.28. The van der Waals surface area contributed by atoms with E-state index in [-0.39, 0.29) is 11.6 Å². The van der Waals surface area contributed by atoms with Gasteiger partial charge in [-0.1, -0.05) is 0 Å². The van der Waals surface area contributed by atoms with Crippen LogP contribution < -0.4 is 0 Å². The number of Topliss-reactive ketones (excluding diaryl/α,β-unsaturated/α-hetero) is 1. The molecule has 1 saturated carbocycles. The van der Waals surface area contributed by atoms with Crippen LogP contribution in [0.5, 0.6) is 0 Å². The van der Waals surface area contributed by atoms with Crippen LogP contribution in [0.15, 0.2) is 24.3 Å². The third kappa shape index (κ3) is 3.79. The van der Waals surface area contributed by atoms with Crippen molar-refractivity contribution in [3.63, 3.8) is 0 Å². The van der Waals surface area contributed by atoms with Gasteiger partial charge in [-0.05, 0) is 44.0 Å². The molecule has 110 valence electrons. The van der Waals surface area contributed by atoms with E-state index in [0.717, 1.165) is 12.1 Å². The molecule has 1 atom stereocenters. The van der Waals surface area contributed by atoms with Crippen LogP contribution in [0.25, 0.3) is 0 Å². The van der Waals surface area contributed by atoms with Gasteiger partial charge in [-0.25, -0.2) is 4.39 Å². The van der Waals surface area contributed by atoms with Crippen molar-refractivity contribution in [1.29, 1.82) is 0 Å². The van der Waals surface area contributed by atoms with Crippen molar-refractivity contribution < 1.29 is 22.4 Å². The van der Waals surface area contributed by atoms with Crippen molar-refractivity contribution in [1.82, 2.24) is 4.90 Å². The number of carbonyl (C=O) groups excluding carboxylic acids is 1. The van der Waals surface area contributed by atoms with Gasteiger partial charge in [0, 0.05) is 11.6 Å². The number of alkyl halides is 3. The maximum Gasteiger partial charge on any atom is 0.401 e. The standard InChI is InChI=1S/C14H15F4NO/c1-9(13(20)10-2-4-11(15)5-3-10)19(12-6-7-12)8-14(16,17)18/h2-5,9,12H,6-8H2,1H3. The van der Waals surface area contributed by atoms with Crippen LogP contribution in [0, 0.1) is 5.82 Å². The maximum atomic E-state index is 12.8. The minimum absolute atomic E-state index is 0.184. The lowest BCUT2D eigenvalue weighted by molar-refractivity contribution is -0.149. The molecule has 1 aliphatic carbocycles. The molecule has 1 aromatic carbocycles. The first-order valence-electron chi connectivity index (χ1n) is 6.40. The van der Waals surface area contributed by atoms with E-state index in [4.69, 9.17) is 0 Å². The number of rotatable bonds is 5. The van der Waals surface area contributed by atoms with Crippen LogP contribution in [0.1, 0.15) is 30.1 Å². The van der Waals surface area contributed by atoms with Gasteiger partial charge in [0.05, 0.1) is 12.6 Å². The van der Waals surface area contributed by atoms with Crippen LogP contribution in [0.3, 0.4) is 0 Å². The highest BCUT2D eigenvalue weighted by Gasteiger charge is 2.42. The van der Waals surface area contributed by atoms with Crippen molar-refractivity contribution in [2.24, 2.45) is 0 Å². The van der Waals surface area contributed by atoms with Crippen molar-refractivity contribution in [2.75, 3.05) is 6.54 Å². The normalized spacial score (nSPS) is 17.3. The first kappa shape index (κ1) is 15.0. The van der Waals surface area contributed by atoms with Gasteiger partial charge < -0.3 is 0 Å². The van der Waals surface area contributed by atoms with Gasteiger partial charge in [-0.3, -0.25) is 9.69 Å². The van der Waals surface area contributed by atoms with Gasteiger partial charge in [0.2, 0.25) is 0 Å². The zero-order valence-electron chi connectivity index (χ0n) is 11.0. The summed E-state index contributed by atoms with van der Waals surface area (Å²) in [6.45, 7) is 0.377. The van der Waals surface area contributed by atoms with Crippen molar-refractivity contribution >= 4 is 5.78 Å². The number of nitrogens with zero attached hydrogens (tertiary/aromatic N) is 1. The Kier molecular flexibility index (Phi) is 4.13. The summed E-state index contributed by atoms with van der Waals surface area (Å²) >= 11 is 0. The Morgan fingerprint density at radius 1 is 1.30 bits per heavy atom. The highest BCUT2D eigenvalue weighted by atomic mass is 19.4. The Bertz CT molecular complexity index is 479. The minimum atomic E-state index is -4.33. The topological polar surface area (TPSA) is 20.3 Å². The molecule has 0 radical (unpaired) electrons. The molecule has 0 aromatic heterocycles. The van der Waals surface area contributed by atoms with Crippen molar-refractivity contribution in [3.8, 4) is 0 Å². The second kappa shape index (κ2) is 5.52. The van der Waals surface area contributed by atoms with E-state index >= 15 is 0 Å². The number of benzene rings is 1. The lowest BCUT2D eigenvalue weighted by atomic mass is 10.0. The lowest BCUT2D eigenvalue weighted by Crippen LogP contribution is -2.45. The molecule has 0 amide bonds. The molecule has 0 aliphatic heterocycles. The average molecular weight is 289 g/mol. The first-order valence-corrected chi connectivity index (χ1v) is 6.40. The third-order valence-corrected chi connectivity index (χ3v) is 3.38. The smallest absolute Gasteiger partial charge is 0.292 e. The summed E-state index contributed by atoms with van der Waals surface area (Å²) in [5.74, 6) is -0.898. The molecule has 1 unspecified atom stereocenters. The van der Waals surface area contributed by atoms with E-state index in [2.05, 4.69) is 0 Å². The fourth-order valence-electron chi connectivity index (χ4n) is 2.20. The average Bonchev–Trinajstić information content (AvgIpc) is 3.18. The van der Waals surface area contributed by atoms with Crippen LogP contribution in [0.4, 0.5) is 17.6 Å². The molecule has 1 aromatic rings. The predicted octanol–water partition coefficient (Wildman–Crippen LogP) is 3.42. The Morgan fingerprint density at radius 3 is 2.30 bits per heavy atom. The highest BCUT2D eigenvalue weighted by Crippen LogP contribution is 2.32. The van der Waals surface area contributed by atoms with Crippen molar-refractivity contribution in [3.05, 3.63) is 35.6 Å². The van der Waals surface area contributed by atoms with Crippen LogP contribution in [-0.2, 0) is 0 Å². The fourth-order valence-corrected chi connectivity index (χ4v) is 2.20. The van der Waals surface area contributed by atoms with Gasteiger partial charge in [0.15, 0.2) is 5.78 Å². The molecule has 20 heavy (non-hydrogen) atoms. The van der Waals surface area contributed by atoms with Crippen molar-refractivity contribution in [2.45, 2.75) is 38.0 Å². The summed E-state index contributed by atoms with van der Waals surface area (Å²) in [5, 5.41) is 0. The zero-order chi connectivity index (χ0) is 14.9. The van der Waals surface area contributed by atoms with E-state index in [9.17, 15) is 22.4 Å². The van der Waals surface area contributed by atoms with Gasteiger partial charge in [0.25, 0.3) is 0 Å². The summed E-state index contributed by atoms with van der Waals surface area (Å²) in [5.41, 5.74) is 0.228. The number of halogens is 4. The Labute approximate surface area is 114 Å². The van der Waals surface area contributed by atoms with E-state index in [1.54, 1.807) is 0 Å². The molecule has 6 heteroatoms. The van der Waals surface area contributed by atoms with Gasteiger partial charge in [0.1, 0.15) is 5.82 Å². The number of hydrogen-bond donors (Lipinski definition) is 0. The zero-order valence-corrected chi connectivity index (χ0v) is 11.0. The maximum absolute atomic E-state index is 12.8. The number of ketones is 1.